The number of hydrogen-bond acceptors (Lipinski definition) is 5. The van der Waals surface area contributed by atoms with Gasteiger partial charge in [-0.15, -0.1) is 0 Å². The molecule has 1 heterocycles. The van der Waals surface area contributed by atoms with E-state index in [0.717, 1.165) is 0 Å². The molecule has 0 aliphatic carbocycles. The molecule has 2 aromatic rings. The highest BCUT2D eigenvalue weighted by Crippen LogP contribution is 2.35. The van der Waals surface area contributed by atoms with Crippen LogP contribution in [0.1, 0.15) is 25.5 Å². The predicted molar refractivity (Wildman–Crippen MR) is 113 cm³/mol. The van der Waals surface area contributed by atoms with Gasteiger partial charge in [0.1, 0.15) is 5.75 Å². The number of carbonyl (C=O) groups excluding carboxylic acids is 2. The number of hydrogen-bond donors (Lipinski definition) is 3. The minimum atomic E-state index is -0.668. The third-order valence-corrected chi connectivity index (χ3v) is 4.69. The maximum atomic E-state index is 13.2. The Balaban J connectivity index is 1.98. The lowest BCUT2D eigenvalue weighted by atomic mass is 9.94. The summed E-state index contributed by atoms with van der Waals surface area (Å²) in [4.78, 5) is 25.3. The van der Waals surface area contributed by atoms with E-state index in [-0.39, 0.29) is 11.9 Å². The van der Waals surface area contributed by atoms with Gasteiger partial charge in [-0.1, -0.05) is 18.2 Å². The zero-order valence-electron chi connectivity index (χ0n) is 17.4. The molecule has 8 heteroatoms. The van der Waals surface area contributed by atoms with Crippen LogP contribution < -0.4 is 30.2 Å². The van der Waals surface area contributed by atoms with Gasteiger partial charge < -0.3 is 30.2 Å². The van der Waals surface area contributed by atoms with Crippen molar-refractivity contribution in [3.05, 3.63) is 59.3 Å². The number of amides is 3. The molecule has 3 amide bonds. The van der Waals surface area contributed by atoms with Crippen LogP contribution in [0.5, 0.6) is 17.2 Å². The molecule has 3 N–H and O–H groups in total. The Bertz CT molecular complexity index is 986. The van der Waals surface area contributed by atoms with Crippen molar-refractivity contribution in [3.8, 4) is 17.2 Å². The van der Waals surface area contributed by atoms with E-state index in [4.69, 9.17) is 14.2 Å². The molecular formula is C22H25N3O5. The Morgan fingerprint density at radius 3 is 2.50 bits per heavy atom. The highest BCUT2D eigenvalue weighted by molar-refractivity contribution is 6.07. The van der Waals surface area contributed by atoms with Crippen LogP contribution in [0.25, 0.3) is 0 Å². The second-order valence-electron chi connectivity index (χ2n) is 6.57. The third-order valence-electron chi connectivity index (χ3n) is 4.69. The average Bonchev–Trinajstić information content (AvgIpc) is 2.74. The van der Waals surface area contributed by atoms with Gasteiger partial charge >= 0.3 is 6.03 Å². The largest absolute Gasteiger partial charge is 0.495 e. The number of anilines is 1. The van der Waals surface area contributed by atoms with Gasteiger partial charge in [-0.3, -0.25) is 4.79 Å². The van der Waals surface area contributed by atoms with Gasteiger partial charge in [-0.25, -0.2) is 4.79 Å². The predicted octanol–water partition coefficient (Wildman–Crippen LogP) is 3.37. The van der Waals surface area contributed by atoms with E-state index in [2.05, 4.69) is 16.0 Å². The lowest BCUT2D eigenvalue weighted by Gasteiger charge is -2.29. The van der Waals surface area contributed by atoms with Gasteiger partial charge in [0.2, 0.25) is 0 Å². The molecule has 158 valence electrons. The van der Waals surface area contributed by atoms with Gasteiger partial charge in [0.25, 0.3) is 5.91 Å². The Morgan fingerprint density at radius 2 is 1.80 bits per heavy atom. The van der Waals surface area contributed by atoms with E-state index in [9.17, 15) is 9.59 Å². The molecule has 1 atom stereocenters. The molecule has 8 nitrogen and oxygen atoms in total. The van der Waals surface area contributed by atoms with Crippen LogP contribution in [0, 0.1) is 0 Å². The van der Waals surface area contributed by atoms with E-state index in [0.29, 0.717) is 46.4 Å². The number of ether oxygens (including phenoxy) is 3. The van der Waals surface area contributed by atoms with Crippen molar-refractivity contribution >= 4 is 17.6 Å². The summed E-state index contributed by atoms with van der Waals surface area (Å²) >= 11 is 0. The van der Waals surface area contributed by atoms with Crippen LogP contribution in [0.15, 0.2) is 53.7 Å². The van der Waals surface area contributed by atoms with E-state index in [1.165, 1.54) is 7.11 Å². The first-order valence-corrected chi connectivity index (χ1v) is 9.51. The minimum absolute atomic E-state index is 0.359. The van der Waals surface area contributed by atoms with Gasteiger partial charge in [-0.2, -0.15) is 0 Å². The van der Waals surface area contributed by atoms with Crippen molar-refractivity contribution in [2.45, 2.75) is 19.9 Å². The number of nitrogens with one attached hydrogen (secondary N) is 3. The summed E-state index contributed by atoms with van der Waals surface area (Å²) < 4.78 is 16.3. The maximum Gasteiger partial charge on any atom is 0.319 e. The number of benzene rings is 2. The third kappa shape index (κ3) is 4.32. The topological polar surface area (TPSA) is 97.9 Å². The van der Waals surface area contributed by atoms with E-state index in [1.54, 1.807) is 50.4 Å². The molecule has 0 spiro atoms. The zero-order chi connectivity index (χ0) is 21.7. The molecule has 2 aromatic carbocycles. The zero-order valence-corrected chi connectivity index (χ0v) is 17.4. The van der Waals surface area contributed by atoms with Crippen molar-refractivity contribution in [2.75, 3.05) is 26.1 Å². The van der Waals surface area contributed by atoms with Crippen molar-refractivity contribution in [3.63, 3.8) is 0 Å². The average molecular weight is 411 g/mol. The monoisotopic (exact) mass is 411 g/mol. The summed E-state index contributed by atoms with van der Waals surface area (Å²) in [6.07, 6.45) is 0. The second-order valence-corrected chi connectivity index (χ2v) is 6.57. The van der Waals surface area contributed by atoms with Crippen LogP contribution in [0.4, 0.5) is 10.5 Å². The molecule has 0 fully saturated rings. The summed E-state index contributed by atoms with van der Waals surface area (Å²) in [6, 6.07) is 11.4. The second kappa shape index (κ2) is 9.21. The molecule has 0 saturated heterocycles. The SMILES string of the molecule is CCOc1ccc([C@H]2NC(=O)NC(C)=C2C(=O)Nc2ccccc2OC)cc1OC. The highest BCUT2D eigenvalue weighted by atomic mass is 16.5. The van der Waals surface area contributed by atoms with E-state index >= 15 is 0 Å². The Hall–Kier alpha value is -3.68. The number of para-hydroxylation sites is 2. The number of allylic oxidation sites excluding steroid dienone is 1. The Morgan fingerprint density at radius 1 is 1.07 bits per heavy atom. The van der Waals surface area contributed by atoms with Crippen LogP contribution in [-0.4, -0.2) is 32.8 Å². The molecule has 1 aliphatic heterocycles. The van der Waals surface area contributed by atoms with Gasteiger partial charge in [-0.05, 0) is 43.7 Å². The standard InChI is InChI=1S/C22H25N3O5/c1-5-30-17-11-10-14(12-18(17)29-4)20-19(13(2)23-22(27)25-20)21(26)24-15-8-6-7-9-16(15)28-3/h6-12,20H,5H2,1-4H3,(H,24,26)(H2,23,25,27)/t20-/m1/s1. The number of rotatable bonds is 7. The molecule has 0 aromatic heterocycles. The van der Waals surface area contributed by atoms with Crippen molar-refractivity contribution in [2.24, 2.45) is 0 Å². The van der Waals surface area contributed by atoms with Crippen molar-refractivity contribution in [1.29, 1.82) is 0 Å². The van der Waals surface area contributed by atoms with Crippen molar-refractivity contribution in [1.82, 2.24) is 10.6 Å². The van der Waals surface area contributed by atoms with Crippen molar-refractivity contribution < 1.29 is 23.8 Å². The normalized spacial score (nSPS) is 15.7. The summed E-state index contributed by atoms with van der Waals surface area (Å²) in [5.74, 6) is 1.28. The lowest BCUT2D eigenvalue weighted by molar-refractivity contribution is -0.113. The van der Waals surface area contributed by atoms with Gasteiger partial charge in [0, 0.05) is 5.70 Å². The Kier molecular flexibility index (Phi) is 6.46. The van der Waals surface area contributed by atoms with E-state index in [1.807, 2.05) is 13.0 Å². The number of carbonyl (C=O) groups is 2. The molecule has 0 unspecified atom stereocenters. The summed E-state index contributed by atoms with van der Waals surface area (Å²) in [5, 5.41) is 8.35. The van der Waals surface area contributed by atoms with Gasteiger partial charge in [0.15, 0.2) is 11.5 Å². The maximum absolute atomic E-state index is 13.2. The fourth-order valence-corrected chi connectivity index (χ4v) is 3.32. The smallest absolute Gasteiger partial charge is 0.319 e. The highest BCUT2D eigenvalue weighted by Gasteiger charge is 2.32. The first kappa shape index (κ1) is 21.0. The molecular weight excluding hydrogens is 386 g/mol. The van der Waals surface area contributed by atoms with Crippen LogP contribution in [0.2, 0.25) is 0 Å². The summed E-state index contributed by atoms with van der Waals surface area (Å²) in [7, 11) is 3.08. The molecule has 0 bridgehead atoms. The van der Waals surface area contributed by atoms with Crippen LogP contribution in [-0.2, 0) is 4.79 Å². The number of methoxy groups -OCH3 is 2. The first-order valence-electron chi connectivity index (χ1n) is 9.51. The minimum Gasteiger partial charge on any atom is -0.495 e. The van der Waals surface area contributed by atoms with Crippen LogP contribution in [0.3, 0.4) is 0 Å². The molecule has 1 aliphatic rings. The fourth-order valence-electron chi connectivity index (χ4n) is 3.32. The molecule has 3 rings (SSSR count). The Labute approximate surface area is 175 Å². The number of urea groups is 1. The summed E-state index contributed by atoms with van der Waals surface area (Å²) in [6.45, 7) is 4.06. The lowest BCUT2D eigenvalue weighted by Crippen LogP contribution is -2.46. The molecule has 0 saturated carbocycles. The first-order chi connectivity index (χ1) is 14.5. The summed E-state index contributed by atoms with van der Waals surface area (Å²) in [5.41, 5.74) is 2.07. The van der Waals surface area contributed by atoms with E-state index < -0.39 is 6.04 Å². The fraction of sp³-hybridized carbons (Fsp3) is 0.273. The quantitative estimate of drug-likeness (QED) is 0.649. The van der Waals surface area contributed by atoms with Gasteiger partial charge in [0.05, 0.1) is 38.1 Å². The molecule has 0 radical (unpaired) electrons. The van der Waals surface area contributed by atoms with Crippen LogP contribution >= 0.6 is 0 Å². The molecule has 30 heavy (non-hydrogen) atoms.